The summed E-state index contributed by atoms with van der Waals surface area (Å²) in [5.41, 5.74) is 1.13. The summed E-state index contributed by atoms with van der Waals surface area (Å²) in [6.45, 7) is 2.35. The summed E-state index contributed by atoms with van der Waals surface area (Å²) in [6, 6.07) is 19.8. The number of ether oxygens (including phenoxy) is 5. The lowest BCUT2D eigenvalue weighted by Crippen LogP contribution is -2.59. The van der Waals surface area contributed by atoms with Crippen LogP contribution in [0, 0.1) is 5.41 Å². The number of rotatable bonds is 7. The van der Waals surface area contributed by atoms with Gasteiger partial charge in [-0.15, -0.1) is 0 Å². The van der Waals surface area contributed by atoms with Crippen molar-refractivity contribution in [1.29, 1.82) is 0 Å². The van der Waals surface area contributed by atoms with E-state index in [0.717, 1.165) is 11.1 Å². The molecule has 0 unspecified atom stereocenters. The summed E-state index contributed by atoms with van der Waals surface area (Å²) in [7, 11) is 2.98. The van der Waals surface area contributed by atoms with Crippen molar-refractivity contribution in [3.05, 3.63) is 71.8 Å². The molecule has 2 fully saturated rings. The van der Waals surface area contributed by atoms with Crippen molar-refractivity contribution in [1.82, 2.24) is 0 Å². The summed E-state index contributed by atoms with van der Waals surface area (Å²) in [5, 5.41) is 0. The molecule has 6 nitrogen and oxygen atoms in total. The Kier molecular flexibility index (Phi) is 6.20. The Balaban J connectivity index is 1.76. The molecule has 0 aromatic heterocycles. The fourth-order valence-corrected chi connectivity index (χ4v) is 4.72. The molecule has 2 aliphatic heterocycles. The molecule has 0 N–H and O–H groups in total. The predicted octanol–water partition coefficient (Wildman–Crippen LogP) is 3.65. The summed E-state index contributed by atoms with van der Waals surface area (Å²) in [4.78, 5) is 12.6. The average molecular weight is 412 g/mol. The van der Waals surface area contributed by atoms with Crippen LogP contribution in [0.4, 0.5) is 0 Å². The monoisotopic (exact) mass is 412 g/mol. The largest absolute Gasteiger partial charge is 0.469 e. The van der Waals surface area contributed by atoms with E-state index in [1.807, 2.05) is 67.6 Å². The van der Waals surface area contributed by atoms with Gasteiger partial charge in [0.2, 0.25) is 0 Å². The van der Waals surface area contributed by atoms with Crippen molar-refractivity contribution in [3.8, 4) is 0 Å². The Labute approximate surface area is 177 Å². The second kappa shape index (κ2) is 8.86. The second-order valence-corrected chi connectivity index (χ2v) is 7.88. The Bertz CT molecular complexity index is 841. The van der Waals surface area contributed by atoms with E-state index in [2.05, 4.69) is 0 Å². The molecule has 30 heavy (non-hydrogen) atoms. The highest BCUT2D eigenvalue weighted by Gasteiger charge is 2.68. The molecule has 2 aromatic carbocycles. The van der Waals surface area contributed by atoms with Gasteiger partial charge in [0.1, 0.15) is 12.2 Å². The molecule has 2 bridgehead atoms. The van der Waals surface area contributed by atoms with Gasteiger partial charge < -0.3 is 23.7 Å². The van der Waals surface area contributed by atoms with Crippen LogP contribution in [0.5, 0.6) is 0 Å². The minimum Gasteiger partial charge on any atom is -0.469 e. The minimum absolute atomic E-state index is 0.0598. The molecule has 2 saturated heterocycles. The lowest BCUT2D eigenvalue weighted by molar-refractivity contribution is -0.279. The SMILES string of the molecule is COC(=O)C[C@]12[C@@H](OC)O[C@H](C)[C@H](O[C@@H]1c1ccccc1)[C@H]2OCc1ccccc1. The molecule has 2 heterocycles. The molecule has 0 aliphatic carbocycles. The molecule has 6 atom stereocenters. The average Bonchev–Trinajstić information content (AvgIpc) is 3.05. The van der Waals surface area contributed by atoms with Crippen LogP contribution in [-0.4, -0.2) is 44.8 Å². The molecular weight excluding hydrogens is 384 g/mol. The van der Waals surface area contributed by atoms with Gasteiger partial charge in [-0.2, -0.15) is 0 Å². The topological polar surface area (TPSA) is 63.2 Å². The van der Waals surface area contributed by atoms with Crippen molar-refractivity contribution in [3.63, 3.8) is 0 Å². The Morgan fingerprint density at radius 2 is 1.67 bits per heavy atom. The molecule has 0 spiro atoms. The molecule has 2 aliphatic rings. The number of fused-ring (bicyclic) bond motifs is 2. The fourth-order valence-electron chi connectivity index (χ4n) is 4.72. The van der Waals surface area contributed by atoms with E-state index >= 15 is 0 Å². The second-order valence-electron chi connectivity index (χ2n) is 7.88. The van der Waals surface area contributed by atoms with Gasteiger partial charge in [-0.1, -0.05) is 60.7 Å². The zero-order valence-electron chi connectivity index (χ0n) is 17.5. The van der Waals surface area contributed by atoms with E-state index in [1.54, 1.807) is 7.11 Å². The van der Waals surface area contributed by atoms with Crippen LogP contribution in [0.25, 0.3) is 0 Å². The zero-order chi connectivity index (χ0) is 21.1. The van der Waals surface area contributed by atoms with Crippen molar-refractivity contribution in [2.75, 3.05) is 14.2 Å². The van der Waals surface area contributed by atoms with Crippen LogP contribution in [0.15, 0.2) is 60.7 Å². The van der Waals surface area contributed by atoms with E-state index in [-0.39, 0.29) is 24.6 Å². The van der Waals surface area contributed by atoms with Gasteiger partial charge >= 0.3 is 5.97 Å². The molecule has 4 rings (SSSR count). The summed E-state index contributed by atoms with van der Waals surface area (Å²) in [6.07, 6.45) is -2.06. The normalized spacial score (nSPS) is 32.7. The predicted molar refractivity (Wildman–Crippen MR) is 109 cm³/mol. The number of carbonyl (C=O) groups is 1. The molecule has 6 heteroatoms. The van der Waals surface area contributed by atoms with Crippen molar-refractivity contribution in [2.45, 2.75) is 50.7 Å². The standard InChI is InChI=1S/C24H28O6/c1-16-20-22(28-15-17-10-6-4-7-11-17)24(14-19(25)26-2,23(27-3)29-16)21(30-20)18-12-8-5-9-13-18/h4-13,16,20-23H,14-15H2,1-3H3/t16-,20+,21-,22-,23+,24+/m1/s1. The number of methoxy groups -OCH3 is 2. The molecule has 0 radical (unpaired) electrons. The van der Waals surface area contributed by atoms with Crippen LogP contribution in [-0.2, 0) is 35.1 Å². The zero-order valence-corrected chi connectivity index (χ0v) is 17.5. The Morgan fingerprint density at radius 1 is 1.00 bits per heavy atom. The Morgan fingerprint density at radius 3 is 2.30 bits per heavy atom. The fraction of sp³-hybridized carbons (Fsp3) is 0.458. The molecule has 0 saturated carbocycles. The first-order valence-electron chi connectivity index (χ1n) is 10.2. The molecule has 160 valence electrons. The van der Waals surface area contributed by atoms with E-state index < -0.39 is 23.9 Å². The maximum absolute atomic E-state index is 12.6. The number of hydrogen-bond donors (Lipinski definition) is 0. The van der Waals surface area contributed by atoms with Gasteiger partial charge in [-0.25, -0.2) is 0 Å². The third-order valence-corrected chi connectivity index (χ3v) is 6.12. The highest BCUT2D eigenvalue weighted by molar-refractivity contribution is 5.70. The highest BCUT2D eigenvalue weighted by atomic mass is 16.7. The van der Waals surface area contributed by atoms with Gasteiger partial charge in [0, 0.05) is 7.11 Å². The Hall–Kier alpha value is -2.25. The smallest absolute Gasteiger partial charge is 0.306 e. The first-order chi connectivity index (χ1) is 14.6. The van der Waals surface area contributed by atoms with Crippen LogP contribution >= 0.6 is 0 Å². The maximum atomic E-state index is 12.6. The van der Waals surface area contributed by atoms with Gasteiger partial charge in [-0.05, 0) is 18.1 Å². The summed E-state index contributed by atoms with van der Waals surface area (Å²) in [5.74, 6) is -0.353. The van der Waals surface area contributed by atoms with E-state index in [4.69, 9.17) is 23.7 Å². The number of carbonyl (C=O) groups excluding carboxylic acids is 1. The third-order valence-electron chi connectivity index (χ3n) is 6.12. The van der Waals surface area contributed by atoms with Gasteiger partial charge in [-0.3, -0.25) is 4.79 Å². The number of benzene rings is 2. The summed E-state index contributed by atoms with van der Waals surface area (Å²) >= 11 is 0. The van der Waals surface area contributed by atoms with E-state index in [0.29, 0.717) is 6.61 Å². The lowest BCUT2D eigenvalue weighted by atomic mass is 9.69. The van der Waals surface area contributed by atoms with Crippen LogP contribution in [0.2, 0.25) is 0 Å². The first-order valence-corrected chi connectivity index (χ1v) is 10.2. The van der Waals surface area contributed by atoms with Crippen molar-refractivity contribution < 1.29 is 28.5 Å². The van der Waals surface area contributed by atoms with E-state index in [1.165, 1.54) is 7.11 Å². The van der Waals surface area contributed by atoms with Gasteiger partial charge in [0.15, 0.2) is 6.29 Å². The third kappa shape index (κ3) is 3.65. The molecule has 0 amide bonds. The summed E-state index contributed by atoms with van der Waals surface area (Å²) < 4.78 is 30.0. The van der Waals surface area contributed by atoms with Crippen molar-refractivity contribution in [2.24, 2.45) is 5.41 Å². The lowest BCUT2D eigenvalue weighted by Gasteiger charge is -2.47. The number of hydrogen-bond acceptors (Lipinski definition) is 6. The van der Waals surface area contributed by atoms with Crippen LogP contribution in [0.1, 0.15) is 30.6 Å². The van der Waals surface area contributed by atoms with Crippen LogP contribution in [0.3, 0.4) is 0 Å². The van der Waals surface area contributed by atoms with E-state index in [9.17, 15) is 4.79 Å². The van der Waals surface area contributed by atoms with Crippen LogP contribution < -0.4 is 0 Å². The highest BCUT2D eigenvalue weighted by Crippen LogP contribution is 2.59. The quantitative estimate of drug-likeness (QED) is 0.647. The molecule has 2 aromatic rings. The minimum atomic E-state index is -0.880. The van der Waals surface area contributed by atoms with Gasteiger partial charge in [0.25, 0.3) is 0 Å². The maximum Gasteiger partial charge on any atom is 0.306 e. The van der Waals surface area contributed by atoms with Gasteiger partial charge in [0.05, 0.1) is 37.8 Å². The molecular formula is C24H28O6. The number of esters is 1. The van der Waals surface area contributed by atoms with Crippen molar-refractivity contribution >= 4 is 5.97 Å². The first kappa shape index (κ1) is 21.0.